The highest BCUT2D eigenvalue weighted by Crippen LogP contribution is 2.34. The molecular formula is C53H82FN9O6S6. The van der Waals surface area contributed by atoms with Gasteiger partial charge in [-0.3, -0.25) is 0 Å². The minimum Gasteiger partial charge on any atom is -0.359 e. The van der Waals surface area contributed by atoms with Crippen molar-refractivity contribution in [3.05, 3.63) is 72.0 Å². The van der Waals surface area contributed by atoms with Crippen LogP contribution >= 0.6 is 34.0 Å². The highest BCUT2D eigenvalue weighted by molar-refractivity contribution is 7.90. The Labute approximate surface area is 459 Å². The SMILES string of the molecule is C.C.CC(C)S(=O)(=O)NCC1CCC(Nc2nc3ccc(F)cc3s2)CC1.CCS(=O)(=O)NCC1CCC(Nc2nc3ccccc3s2)CC1.Cc1ccc2sc(NC3CCC(CNS(=O)(=O)C(C)C)CC3)nc2c1. The van der Waals surface area contributed by atoms with Crippen molar-refractivity contribution < 1.29 is 29.6 Å². The minimum atomic E-state index is -3.18. The molecule has 0 amide bonds. The summed E-state index contributed by atoms with van der Waals surface area (Å²) in [5.74, 6) is 1.18. The fourth-order valence-corrected chi connectivity index (χ4v) is 14.3. The average Bonchev–Trinajstić information content (AvgIpc) is 4.09. The number of aromatic nitrogens is 3. The predicted molar refractivity (Wildman–Crippen MR) is 317 cm³/mol. The van der Waals surface area contributed by atoms with E-state index in [-0.39, 0.29) is 31.7 Å². The van der Waals surface area contributed by atoms with Crippen molar-refractivity contribution in [2.75, 3.05) is 41.3 Å². The average molecular weight is 1150 g/mol. The maximum atomic E-state index is 13.3. The van der Waals surface area contributed by atoms with E-state index >= 15 is 0 Å². The van der Waals surface area contributed by atoms with Crippen LogP contribution in [0.2, 0.25) is 0 Å². The molecule has 15 nitrogen and oxygen atoms in total. The molecule has 3 aliphatic rings. The monoisotopic (exact) mass is 1150 g/mol. The molecule has 3 fully saturated rings. The molecule has 3 saturated carbocycles. The topological polar surface area (TPSA) is 213 Å². The lowest BCUT2D eigenvalue weighted by atomic mass is 9.86. The number of benzene rings is 3. The Hall–Kier alpha value is -3.61. The molecule has 0 atom stereocenters. The van der Waals surface area contributed by atoms with Gasteiger partial charge in [-0.25, -0.2) is 58.8 Å². The second-order valence-electron chi connectivity index (χ2n) is 20.3. The number of rotatable bonds is 18. The molecule has 0 saturated heterocycles. The Kier molecular flexibility index (Phi) is 23.5. The van der Waals surface area contributed by atoms with Crippen molar-refractivity contribution in [2.24, 2.45) is 17.8 Å². The van der Waals surface area contributed by atoms with Gasteiger partial charge >= 0.3 is 0 Å². The van der Waals surface area contributed by atoms with Crippen LogP contribution in [-0.4, -0.2) is 94.2 Å². The zero-order valence-electron chi connectivity index (χ0n) is 42.8. The molecule has 3 aromatic carbocycles. The zero-order chi connectivity index (χ0) is 52.3. The second kappa shape index (κ2) is 28.3. The number of aryl methyl sites for hydroxylation is 1. The predicted octanol–water partition coefficient (Wildman–Crippen LogP) is 12.1. The van der Waals surface area contributed by atoms with E-state index in [9.17, 15) is 29.6 Å². The van der Waals surface area contributed by atoms with Crippen molar-refractivity contribution in [3.63, 3.8) is 0 Å². The quantitative estimate of drug-likeness (QED) is 0.0474. The molecule has 0 spiro atoms. The smallest absolute Gasteiger partial charge is 0.213 e. The van der Waals surface area contributed by atoms with Crippen molar-refractivity contribution in [2.45, 2.75) is 162 Å². The van der Waals surface area contributed by atoms with Crippen LogP contribution in [0.1, 0.15) is 132 Å². The summed E-state index contributed by atoms with van der Waals surface area (Å²) in [5, 5.41) is 12.6. The Morgan fingerprint density at radius 3 is 1.36 bits per heavy atom. The van der Waals surface area contributed by atoms with Gasteiger partial charge in [0, 0.05) is 37.8 Å². The molecule has 3 aliphatic carbocycles. The first-order valence-electron chi connectivity index (χ1n) is 25.7. The summed E-state index contributed by atoms with van der Waals surface area (Å²) in [6.07, 6.45) is 12.4. The number of fused-ring (bicyclic) bond motifs is 3. The van der Waals surface area contributed by atoms with E-state index in [1.165, 1.54) is 38.4 Å². The van der Waals surface area contributed by atoms with Gasteiger partial charge in [0.2, 0.25) is 30.1 Å². The molecule has 0 radical (unpaired) electrons. The summed E-state index contributed by atoms with van der Waals surface area (Å²) >= 11 is 4.87. The third-order valence-corrected chi connectivity index (χ3v) is 21.9. The van der Waals surface area contributed by atoms with E-state index < -0.39 is 35.3 Å². The van der Waals surface area contributed by atoms with Gasteiger partial charge < -0.3 is 16.0 Å². The molecule has 0 bridgehead atoms. The Bertz CT molecular complexity index is 2880. The standard InChI is InChI=1S/C18H27N3O2S2.C17H24FN3O2S2.C16H23N3O2S2.2CH4/c1-12(2)25(22,23)19-11-14-5-7-15(8-6-14)20-18-21-16-10-13(3)4-9-17(16)24-18;1-11(2)25(22,23)19-10-12-3-6-14(7-4-12)20-17-21-15-8-5-13(18)9-16(15)24-17;1-2-23(20,21)17-11-12-7-9-13(10-8-12)18-16-19-14-5-3-4-6-15(14)22-16;;/h4,9-10,12,14-15,19H,5-8,11H2,1-3H3,(H,20,21);5,8-9,11-12,14,19H,3-4,6-7,10H2,1-2H3,(H,20,21);3-6,12-13,17H,2,7-11H2,1H3,(H,18,19);2*1H4. The third kappa shape index (κ3) is 18.8. The number of hydrogen-bond donors (Lipinski definition) is 6. The van der Waals surface area contributed by atoms with Gasteiger partial charge in [0.1, 0.15) is 5.82 Å². The lowest BCUT2D eigenvalue weighted by Crippen LogP contribution is -2.37. The van der Waals surface area contributed by atoms with Crippen LogP contribution in [-0.2, 0) is 30.1 Å². The van der Waals surface area contributed by atoms with E-state index in [0.29, 0.717) is 55.5 Å². The summed E-state index contributed by atoms with van der Waals surface area (Å²) in [6.45, 7) is 12.2. The Morgan fingerprint density at radius 2 is 0.920 bits per heavy atom. The number of para-hydroxylation sites is 1. The summed E-state index contributed by atoms with van der Waals surface area (Å²) in [5.41, 5.74) is 4.14. The van der Waals surface area contributed by atoms with Gasteiger partial charge in [0.25, 0.3) is 0 Å². The molecule has 0 aliphatic heterocycles. The molecule has 0 unspecified atom stereocenters. The van der Waals surface area contributed by atoms with Crippen LogP contribution < -0.4 is 30.1 Å². The summed E-state index contributed by atoms with van der Waals surface area (Å²) in [4.78, 5) is 13.8. The molecule has 75 heavy (non-hydrogen) atoms. The number of sulfonamides is 3. The van der Waals surface area contributed by atoms with Crippen molar-refractivity contribution in [3.8, 4) is 0 Å². The van der Waals surface area contributed by atoms with E-state index in [2.05, 4.69) is 71.3 Å². The van der Waals surface area contributed by atoms with E-state index in [1.807, 2.05) is 18.2 Å². The van der Waals surface area contributed by atoms with Crippen LogP contribution in [0.5, 0.6) is 0 Å². The highest BCUT2D eigenvalue weighted by Gasteiger charge is 2.27. The fourth-order valence-electron chi connectivity index (χ4n) is 9.20. The zero-order valence-corrected chi connectivity index (χ0v) is 47.7. The van der Waals surface area contributed by atoms with Crippen molar-refractivity contribution >= 4 is 110 Å². The summed E-state index contributed by atoms with van der Waals surface area (Å²) in [7, 11) is -9.40. The Morgan fingerprint density at radius 1 is 0.520 bits per heavy atom. The van der Waals surface area contributed by atoms with E-state index in [1.54, 1.807) is 63.4 Å². The maximum absolute atomic E-state index is 13.3. The molecule has 22 heteroatoms. The first-order chi connectivity index (χ1) is 34.7. The van der Waals surface area contributed by atoms with Gasteiger partial charge in [-0.15, -0.1) is 0 Å². The third-order valence-electron chi connectivity index (χ3n) is 14.1. The van der Waals surface area contributed by atoms with Crippen LogP contribution in [0.25, 0.3) is 30.6 Å². The van der Waals surface area contributed by atoms with Gasteiger partial charge in [-0.2, -0.15) is 0 Å². The minimum absolute atomic E-state index is 0. The largest absolute Gasteiger partial charge is 0.359 e. The summed E-state index contributed by atoms with van der Waals surface area (Å²) < 4.78 is 95.1. The molecule has 6 aromatic rings. The molecule has 6 N–H and O–H groups in total. The second-order valence-corrected chi connectivity index (χ2v) is 30.2. The molecule has 418 valence electrons. The number of nitrogens with zero attached hydrogens (tertiary/aromatic N) is 3. The first kappa shape index (κ1) is 62.2. The lowest BCUT2D eigenvalue weighted by molar-refractivity contribution is 0.337. The number of halogens is 1. The lowest BCUT2D eigenvalue weighted by Gasteiger charge is -2.29. The van der Waals surface area contributed by atoms with Gasteiger partial charge in [-0.05, 0) is 184 Å². The number of anilines is 3. The van der Waals surface area contributed by atoms with Gasteiger partial charge in [0.05, 0.1) is 46.9 Å². The van der Waals surface area contributed by atoms with Crippen LogP contribution in [0.3, 0.4) is 0 Å². The maximum Gasteiger partial charge on any atom is 0.213 e. The highest BCUT2D eigenvalue weighted by atomic mass is 32.2. The number of hydrogen-bond acceptors (Lipinski definition) is 15. The normalized spacial score (nSPS) is 21.3. The van der Waals surface area contributed by atoms with E-state index in [4.69, 9.17) is 4.98 Å². The Balaban J connectivity index is 0.000000206. The van der Waals surface area contributed by atoms with Crippen molar-refractivity contribution in [1.29, 1.82) is 0 Å². The van der Waals surface area contributed by atoms with Crippen LogP contribution in [0.15, 0.2) is 60.7 Å². The fraction of sp³-hybridized carbons (Fsp3) is 0.604. The van der Waals surface area contributed by atoms with Gasteiger partial charge in [0.15, 0.2) is 15.4 Å². The molecular weight excluding hydrogens is 1070 g/mol. The molecule has 9 rings (SSSR count). The van der Waals surface area contributed by atoms with Crippen LogP contribution in [0.4, 0.5) is 19.8 Å². The van der Waals surface area contributed by atoms with E-state index in [0.717, 1.165) is 114 Å². The number of nitrogens with one attached hydrogen (secondary N) is 6. The van der Waals surface area contributed by atoms with Gasteiger partial charge in [-0.1, -0.05) is 67.1 Å². The molecule has 3 heterocycles. The van der Waals surface area contributed by atoms with Crippen LogP contribution in [0, 0.1) is 30.5 Å². The van der Waals surface area contributed by atoms with Crippen molar-refractivity contribution in [1.82, 2.24) is 29.1 Å². The molecule has 3 aromatic heterocycles. The number of thiazole rings is 3. The summed E-state index contributed by atoms with van der Waals surface area (Å²) in [6, 6.07) is 20.4. The first-order valence-corrected chi connectivity index (χ1v) is 32.9.